The number of benzene rings is 1. The van der Waals surface area contributed by atoms with Crippen LogP contribution < -0.4 is 10.1 Å². The van der Waals surface area contributed by atoms with Gasteiger partial charge in [0, 0.05) is 6.04 Å². The van der Waals surface area contributed by atoms with E-state index in [1.807, 2.05) is 6.07 Å². The molecule has 0 bridgehead atoms. The van der Waals surface area contributed by atoms with E-state index in [-0.39, 0.29) is 0 Å². The Morgan fingerprint density at radius 2 is 2.10 bits per heavy atom. The third-order valence-corrected chi connectivity index (χ3v) is 4.96. The highest BCUT2D eigenvalue weighted by atomic mass is 35.5. The fourth-order valence-corrected chi connectivity index (χ4v) is 3.58. The zero-order valence-electron chi connectivity index (χ0n) is 13.7. The summed E-state index contributed by atoms with van der Waals surface area (Å²) in [4.78, 5) is 0. The average molecular weight is 310 g/mol. The second-order valence-electron chi connectivity index (χ2n) is 6.74. The Balaban J connectivity index is 2.19. The lowest BCUT2D eigenvalue weighted by Gasteiger charge is -2.36. The van der Waals surface area contributed by atoms with Gasteiger partial charge in [-0.3, -0.25) is 0 Å². The first kappa shape index (κ1) is 16.6. The summed E-state index contributed by atoms with van der Waals surface area (Å²) in [6.07, 6.45) is 3.90. The predicted molar refractivity (Wildman–Crippen MR) is 90.4 cm³/mol. The Hall–Kier alpha value is -0.730. The van der Waals surface area contributed by atoms with Crippen LogP contribution in [0.25, 0.3) is 0 Å². The van der Waals surface area contributed by atoms with E-state index in [2.05, 4.69) is 38.2 Å². The molecule has 0 radical (unpaired) electrons. The van der Waals surface area contributed by atoms with Crippen molar-refractivity contribution in [3.63, 3.8) is 0 Å². The van der Waals surface area contributed by atoms with E-state index in [1.54, 1.807) is 7.11 Å². The Bertz CT molecular complexity index is 461. The Morgan fingerprint density at radius 3 is 2.76 bits per heavy atom. The minimum absolute atomic E-state index is 0.546. The van der Waals surface area contributed by atoms with E-state index in [4.69, 9.17) is 16.3 Å². The number of rotatable bonds is 5. The van der Waals surface area contributed by atoms with Gasteiger partial charge in [-0.05, 0) is 54.8 Å². The standard InChI is InChI=1S/C18H28ClNO/c1-12(2)20-11-15-6-5-13(3)9-16(15)14-7-8-17(19)18(10-14)21-4/h7-8,10,12-13,15-16,20H,5-6,9,11H2,1-4H3. The van der Waals surface area contributed by atoms with Crippen LogP contribution in [-0.2, 0) is 0 Å². The molecule has 0 heterocycles. The molecule has 2 nitrogen and oxygen atoms in total. The van der Waals surface area contributed by atoms with Gasteiger partial charge in [-0.15, -0.1) is 0 Å². The first-order valence-corrected chi connectivity index (χ1v) is 8.45. The van der Waals surface area contributed by atoms with Crippen molar-refractivity contribution in [3.05, 3.63) is 28.8 Å². The summed E-state index contributed by atoms with van der Waals surface area (Å²) in [5.41, 5.74) is 1.37. The van der Waals surface area contributed by atoms with E-state index in [1.165, 1.54) is 24.8 Å². The molecule has 1 fully saturated rings. The lowest BCUT2D eigenvalue weighted by Crippen LogP contribution is -2.34. The van der Waals surface area contributed by atoms with Gasteiger partial charge in [0.05, 0.1) is 12.1 Å². The lowest BCUT2D eigenvalue weighted by atomic mass is 9.71. The third-order valence-electron chi connectivity index (χ3n) is 4.65. The maximum atomic E-state index is 6.17. The van der Waals surface area contributed by atoms with Crippen molar-refractivity contribution in [1.29, 1.82) is 0 Å². The summed E-state index contributed by atoms with van der Waals surface area (Å²) in [5, 5.41) is 4.31. The van der Waals surface area contributed by atoms with E-state index in [0.717, 1.165) is 18.2 Å². The van der Waals surface area contributed by atoms with Gasteiger partial charge in [-0.1, -0.05) is 44.9 Å². The van der Waals surface area contributed by atoms with Gasteiger partial charge in [-0.2, -0.15) is 0 Å². The molecule has 2 rings (SSSR count). The van der Waals surface area contributed by atoms with Crippen LogP contribution >= 0.6 is 11.6 Å². The van der Waals surface area contributed by atoms with Crippen molar-refractivity contribution in [2.75, 3.05) is 13.7 Å². The van der Waals surface area contributed by atoms with Crippen LogP contribution in [-0.4, -0.2) is 19.7 Å². The van der Waals surface area contributed by atoms with Crippen molar-refractivity contribution in [3.8, 4) is 5.75 Å². The molecule has 1 saturated carbocycles. The number of methoxy groups -OCH3 is 1. The second-order valence-corrected chi connectivity index (χ2v) is 7.15. The van der Waals surface area contributed by atoms with Crippen molar-refractivity contribution in [2.45, 2.75) is 52.0 Å². The number of ether oxygens (including phenoxy) is 1. The minimum atomic E-state index is 0.546. The normalized spacial score (nSPS) is 26.1. The number of hydrogen-bond donors (Lipinski definition) is 1. The average Bonchev–Trinajstić information content (AvgIpc) is 2.46. The molecule has 3 heteroatoms. The predicted octanol–water partition coefficient (Wildman–Crippen LogP) is 4.87. The summed E-state index contributed by atoms with van der Waals surface area (Å²) in [7, 11) is 1.69. The van der Waals surface area contributed by atoms with Gasteiger partial charge in [0.1, 0.15) is 5.75 Å². The third kappa shape index (κ3) is 4.37. The molecule has 3 atom stereocenters. The number of nitrogens with one attached hydrogen (secondary N) is 1. The largest absolute Gasteiger partial charge is 0.495 e. The maximum Gasteiger partial charge on any atom is 0.137 e. The quantitative estimate of drug-likeness (QED) is 0.838. The molecule has 1 N–H and O–H groups in total. The van der Waals surface area contributed by atoms with Gasteiger partial charge in [0.15, 0.2) is 0 Å². The SMILES string of the molecule is COc1cc(C2CC(C)CCC2CNC(C)C)ccc1Cl. The second kappa shape index (κ2) is 7.51. The Kier molecular flexibility index (Phi) is 5.95. The van der Waals surface area contributed by atoms with E-state index < -0.39 is 0 Å². The van der Waals surface area contributed by atoms with Gasteiger partial charge >= 0.3 is 0 Å². The summed E-state index contributed by atoms with van der Waals surface area (Å²) in [6.45, 7) is 7.89. The Morgan fingerprint density at radius 1 is 1.33 bits per heavy atom. The zero-order valence-corrected chi connectivity index (χ0v) is 14.4. The molecule has 0 aliphatic heterocycles. The molecule has 0 spiro atoms. The Labute approximate surface area is 134 Å². The van der Waals surface area contributed by atoms with Gasteiger partial charge < -0.3 is 10.1 Å². The molecule has 1 aromatic carbocycles. The highest BCUT2D eigenvalue weighted by Crippen LogP contribution is 2.42. The van der Waals surface area contributed by atoms with E-state index in [0.29, 0.717) is 22.9 Å². The van der Waals surface area contributed by atoms with Crippen molar-refractivity contribution in [1.82, 2.24) is 5.32 Å². The van der Waals surface area contributed by atoms with Gasteiger partial charge in [-0.25, -0.2) is 0 Å². The van der Waals surface area contributed by atoms with Crippen LogP contribution in [0.2, 0.25) is 5.02 Å². The zero-order chi connectivity index (χ0) is 15.4. The van der Waals surface area contributed by atoms with Crippen LogP contribution in [0.4, 0.5) is 0 Å². The highest BCUT2D eigenvalue weighted by molar-refractivity contribution is 6.32. The summed E-state index contributed by atoms with van der Waals surface area (Å²) in [6, 6.07) is 6.83. The van der Waals surface area contributed by atoms with Crippen LogP contribution in [0.1, 0.15) is 51.5 Å². The van der Waals surface area contributed by atoms with Gasteiger partial charge in [0.2, 0.25) is 0 Å². The van der Waals surface area contributed by atoms with Crippen LogP contribution in [0.3, 0.4) is 0 Å². The molecule has 0 aromatic heterocycles. The topological polar surface area (TPSA) is 21.3 Å². The molecule has 1 aliphatic rings. The smallest absolute Gasteiger partial charge is 0.137 e. The molecule has 1 aliphatic carbocycles. The van der Waals surface area contributed by atoms with E-state index >= 15 is 0 Å². The van der Waals surface area contributed by atoms with Crippen molar-refractivity contribution < 1.29 is 4.74 Å². The molecule has 3 unspecified atom stereocenters. The molecule has 1 aromatic rings. The highest BCUT2D eigenvalue weighted by Gasteiger charge is 2.30. The van der Waals surface area contributed by atoms with E-state index in [9.17, 15) is 0 Å². The number of hydrogen-bond acceptors (Lipinski definition) is 2. The van der Waals surface area contributed by atoms with Gasteiger partial charge in [0.25, 0.3) is 0 Å². The molecular weight excluding hydrogens is 282 g/mol. The molecular formula is C18H28ClNO. The monoisotopic (exact) mass is 309 g/mol. The van der Waals surface area contributed by atoms with Crippen LogP contribution in [0, 0.1) is 11.8 Å². The summed E-state index contributed by atoms with van der Waals surface area (Å²) < 4.78 is 5.39. The first-order valence-electron chi connectivity index (χ1n) is 8.08. The fraction of sp³-hybridized carbons (Fsp3) is 0.667. The molecule has 21 heavy (non-hydrogen) atoms. The molecule has 118 valence electrons. The minimum Gasteiger partial charge on any atom is -0.495 e. The molecule has 0 saturated heterocycles. The van der Waals surface area contributed by atoms with Crippen LogP contribution in [0.15, 0.2) is 18.2 Å². The molecule has 0 amide bonds. The lowest BCUT2D eigenvalue weighted by molar-refractivity contribution is 0.237. The fourth-order valence-electron chi connectivity index (χ4n) is 3.39. The maximum absolute atomic E-state index is 6.17. The van der Waals surface area contributed by atoms with Crippen molar-refractivity contribution in [2.24, 2.45) is 11.8 Å². The summed E-state index contributed by atoms with van der Waals surface area (Å²) in [5.74, 6) is 2.90. The summed E-state index contributed by atoms with van der Waals surface area (Å²) >= 11 is 6.17. The van der Waals surface area contributed by atoms with Crippen molar-refractivity contribution >= 4 is 11.6 Å². The number of halogens is 1. The van der Waals surface area contributed by atoms with Crippen LogP contribution in [0.5, 0.6) is 5.75 Å². The first-order chi connectivity index (χ1) is 10.0.